The maximum absolute atomic E-state index is 12.7. The molecule has 0 aliphatic rings. The van der Waals surface area contributed by atoms with Gasteiger partial charge in [-0.3, -0.25) is 0 Å². The van der Waals surface area contributed by atoms with Crippen LogP contribution in [0.5, 0.6) is 0 Å². The minimum absolute atomic E-state index is 0.581. The molecule has 3 aromatic carbocycles. The molecule has 164 valence electrons. The van der Waals surface area contributed by atoms with Crippen molar-refractivity contribution < 1.29 is 13.2 Å². The second kappa shape index (κ2) is 9.40. The largest absolute Gasteiger partial charge is 0.416 e. The summed E-state index contributed by atoms with van der Waals surface area (Å²) in [5, 5.41) is 4.64. The zero-order chi connectivity index (χ0) is 22.7. The van der Waals surface area contributed by atoms with E-state index in [4.69, 9.17) is 0 Å². The summed E-state index contributed by atoms with van der Waals surface area (Å²) in [6.45, 7) is 4.91. The van der Waals surface area contributed by atoms with Gasteiger partial charge in [-0.1, -0.05) is 43.0 Å². The van der Waals surface area contributed by atoms with Crippen molar-refractivity contribution in [2.24, 2.45) is 0 Å². The number of aromatic nitrogens is 1. The molecule has 0 aliphatic heterocycles. The number of hydrogen-bond acceptors (Lipinski definition) is 1. The lowest BCUT2D eigenvalue weighted by atomic mass is 10.0. The molecule has 6 heteroatoms. The monoisotopic (exact) mass is 546 g/mol. The molecule has 32 heavy (non-hydrogen) atoms. The highest BCUT2D eigenvalue weighted by Crippen LogP contribution is 2.29. The summed E-state index contributed by atoms with van der Waals surface area (Å²) in [4.78, 5) is 3.31. The SMILES string of the molecule is C=C(NCCc1c[nH]c2ccc(I)cc12)c1ccc(Cc2ccc(C(F)(F)F)cc2)cc1. The summed E-state index contributed by atoms with van der Waals surface area (Å²) in [6.07, 6.45) is -0.787. The number of H-pyrrole nitrogens is 1. The minimum Gasteiger partial charge on any atom is -0.385 e. The Morgan fingerprint density at radius 1 is 0.938 bits per heavy atom. The van der Waals surface area contributed by atoms with Crippen LogP contribution >= 0.6 is 22.6 Å². The van der Waals surface area contributed by atoms with Gasteiger partial charge in [0.25, 0.3) is 0 Å². The molecule has 0 radical (unpaired) electrons. The first-order valence-corrected chi connectivity index (χ1v) is 11.3. The molecule has 0 spiro atoms. The first kappa shape index (κ1) is 22.5. The van der Waals surface area contributed by atoms with Crippen LogP contribution in [-0.4, -0.2) is 11.5 Å². The Morgan fingerprint density at radius 2 is 1.59 bits per heavy atom. The van der Waals surface area contributed by atoms with Crippen molar-refractivity contribution in [1.29, 1.82) is 0 Å². The van der Waals surface area contributed by atoms with Gasteiger partial charge in [0, 0.05) is 32.9 Å². The number of halogens is 4. The predicted octanol–water partition coefficient (Wildman–Crippen LogP) is 7.19. The average molecular weight is 546 g/mol. The summed E-state index contributed by atoms with van der Waals surface area (Å²) < 4.78 is 39.3. The summed E-state index contributed by atoms with van der Waals surface area (Å²) in [5.41, 5.74) is 5.51. The van der Waals surface area contributed by atoms with Gasteiger partial charge in [0.2, 0.25) is 0 Å². The first-order valence-electron chi connectivity index (χ1n) is 10.2. The van der Waals surface area contributed by atoms with Crippen molar-refractivity contribution in [2.75, 3.05) is 6.54 Å². The number of rotatable bonds is 7. The molecule has 2 nitrogen and oxygen atoms in total. The van der Waals surface area contributed by atoms with Gasteiger partial charge < -0.3 is 10.3 Å². The van der Waals surface area contributed by atoms with E-state index < -0.39 is 11.7 Å². The van der Waals surface area contributed by atoms with Crippen molar-refractivity contribution in [3.63, 3.8) is 0 Å². The highest BCUT2D eigenvalue weighted by Gasteiger charge is 2.29. The summed E-state index contributed by atoms with van der Waals surface area (Å²) >= 11 is 2.32. The third-order valence-electron chi connectivity index (χ3n) is 5.45. The van der Waals surface area contributed by atoms with Gasteiger partial charge in [0.05, 0.1) is 5.56 Å². The molecule has 4 rings (SSSR count). The van der Waals surface area contributed by atoms with Gasteiger partial charge in [-0.15, -0.1) is 0 Å². The van der Waals surface area contributed by atoms with Gasteiger partial charge in [-0.2, -0.15) is 13.2 Å². The van der Waals surface area contributed by atoms with Crippen molar-refractivity contribution in [1.82, 2.24) is 10.3 Å². The molecule has 0 fully saturated rings. The molecule has 4 aromatic rings. The molecule has 1 heterocycles. The Balaban J connectivity index is 1.32. The zero-order valence-corrected chi connectivity index (χ0v) is 19.4. The second-order valence-electron chi connectivity index (χ2n) is 7.73. The van der Waals surface area contributed by atoms with E-state index in [1.807, 2.05) is 24.3 Å². The van der Waals surface area contributed by atoms with E-state index in [2.05, 4.69) is 63.9 Å². The average Bonchev–Trinajstić information content (AvgIpc) is 3.16. The standard InChI is InChI=1S/C26H22F3IN2/c1-17(31-13-12-21-16-32-25-11-10-23(30)15-24(21)25)20-6-2-18(3-7-20)14-19-4-8-22(9-5-19)26(27,28)29/h2-11,15-16,31-32H,1,12-14H2. The third kappa shape index (κ3) is 5.35. The number of nitrogens with one attached hydrogen (secondary N) is 2. The Bertz CT molecular complexity index is 1220. The van der Waals surface area contributed by atoms with Crippen molar-refractivity contribution in [2.45, 2.75) is 19.0 Å². The first-order chi connectivity index (χ1) is 15.3. The number of hydrogen-bond donors (Lipinski definition) is 2. The number of alkyl halides is 3. The summed E-state index contributed by atoms with van der Waals surface area (Å²) in [5.74, 6) is 0. The molecule has 0 amide bonds. The summed E-state index contributed by atoms with van der Waals surface area (Å²) in [6, 6.07) is 19.6. The molecule has 0 saturated heterocycles. The van der Waals surface area contributed by atoms with Crippen LogP contribution in [0.25, 0.3) is 16.6 Å². The lowest BCUT2D eigenvalue weighted by molar-refractivity contribution is -0.137. The Hall–Kier alpha value is -2.74. The fourth-order valence-corrected chi connectivity index (χ4v) is 4.17. The van der Waals surface area contributed by atoms with Crippen LogP contribution in [0, 0.1) is 3.57 Å². The van der Waals surface area contributed by atoms with Crippen molar-refractivity contribution in [3.05, 3.63) is 111 Å². The Kier molecular flexibility index (Phi) is 6.60. The van der Waals surface area contributed by atoms with Gasteiger partial charge in [-0.05, 0) is 88.0 Å². The van der Waals surface area contributed by atoms with Gasteiger partial charge in [0.15, 0.2) is 0 Å². The lowest BCUT2D eigenvalue weighted by Gasteiger charge is -2.11. The zero-order valence-electron chi connectivity index (χ0n) is 17.3. The highest BCUT2D eigenvalue weighted by molar-refractivity contribution is 14.1. The van der Waals surface area contributed by atoms with Crippen molar-refractivity contribution >= 4 is 39.2 Å². The van der Waals surface area contributed by atoms with E-state index in [0.717, 1.165) is 53.0 Å². The van der Waals surface area contributed by atoms with Crippen LogP contribution in [-0.2, 0) is 19.0 Å². The van der Waals surface area contributed by atoms with Crippen LogP contribution in [0.3, 0.4) is 0 Å². The normalized spacial score (nSPS) is 11.6. The van der Waals surface area contributed by atoms with Crippen LogP contribution in [0.1, 0.15) is 27.8 Å². The van der Waals surface area contributed by atoms with Gasteiger partial charge in [-0.25, -0.2) is 0 Å². The molecule has 0 saturated carbocycles. The van der Waals surface area contributed by atoms with Crippen molar-refractivity contribution in [3.8, 4) is 0 Å². The quantitative estimate of drug-likeness (QED) is 0.236. The third-order valence-corrected chi connectivity index (χ3v) is 6.13. The summed E-state index contributed by atoms with van der Waals surface area (Å²) in [7, 11) is 0. The van der Waals surface area contributed by atoms with Gasteiger partial charge in [0.1, 0.15) is 0 Å². The molecule has 0 bridgehead atoms. The van der Waals surface area contributed by atoms with E-state index >= 15 is 0 Å². The lowest BCUT2D eigenvalue weighted by Crippen LogP contribution is -2.15. The maximum atomic E-state index is 12.7. The number of fused-ring (bicyclic) bond motifs is 1. The van der Waals surface area contributed by atoms with E-state index in [-0.39, 0.29) is 0 Å². The Morgan fingerprint density at radius 3 is 2.25 bits per heavy atom. The minimum atomic E-state index is -4.31. The molecule has 0 aliphatic carbocycles. The second-order valence-corrected chi connectivity index (χ2v) is 8.97. The Labute approximate surface area is 198 Å². The van der Waals surface area contributed by atoms with E-state index in [1.165, 1.54) is 26.7 Å². The molecular weight excluding hydrogens is 524 g/mol. The number of aromatic amines is 1. The topological polar surface area (TPSA) is 27.8 Å². The van der Waals surface area contributed by atoms with E-state index in [9.17, 15) is 13.2 Å². The fourth-order valence-electron chi connectivity index (χ4n) is 3.68. The van der Waals surface area contributed by atoms with Crippen LogP contribution < -0.4 is 5.32 Å². The van der Waals surface area contributed by atoms with Gasteiger partial charge >= 0.3 is 6.18 Å². The predicted molar refractivity (Wildman–Crippen MR) is 132 cm³/mol. The van der Waals surface area contributed by atoms with E-state index in [0.29, 0.717) is 6.42 Å². The van der Waals surface area contributed by atoms with Crippen LogP contribution in [0.15, 0.2) is 79.5 Å². The maximum Gasteiger partial charge on any atom is 0.416 e. The molecule has 0 atom stereocenters. The fraction of sp³-hybridized carbons (Fsp3) is 0.154. The molecule has 0 unspecified atom stereocenters. The van der Waals surface area contributed by atoms with Crippen LogP contribution in [0.2, 0.25) is 0 Å². The highest BCUT2D eigenvalue weighted by atomic mass is 127. The van der Waals surface area contributed by atoms with Crippen LogP contribution in [0.4, 0.5) is 13.2 Å². The molecule has 2 N–H and O–H groups in total. The molecule has 1 aromatic heterocycles. The molecular formula is C26H22F3IN2. The number of benzene rings is 3. The smallest absolute Gasteiger partial charge is 0.385 e. The van der Waals surface area contributed by atoms with E-state index in [1.54, 1.807) is 0 Å².